The van der Waals surface area contributed by atoms with Gasteiger partial charge in [0.2, 0.25) is 11.8 Å². The zero-order valence-electron chi connectivity index (χ0n) is 10.1. The second-order valence-electron chi connectivity index (χ2n) is 4.53. The Labute approximate surface area is 96.6 Å². The third-order valence-electron chi connectivity index (χ3n) is 2.85. The van der Waals surface area contributed by atoms with Gasteiger partial charge in [-0.05, 0) is 12.8 Å². The van der Waals surface area contributed by atoms with Gasteiger partial charge in [0, 0.05) is 46.1 Å². The summed E-state index contributed by atoms with van der Waals surface area (Å²) >= 11 is 0. The van der Waals surface area contributed by atoms with Gasteiger partial charge in [-0.15, -0.1) is 0 Å². The highest BCUT2D eigenvalue weighted by molar-refractivity contribution is 5.77. The first-order valence-electron chi connectivity index (χ1n) is 5.74. The van der Waals surface area contributed by atoms with E-state index in [1.165, 1.54) is 0 Å². The van der Waals surface area contributed by atoms with Crippen molar-refractivity contribution in [2.75, 3.05) is 27.2 Å². The molecule has 2 amide bonds. The number of amides is 2. The first kappa shape index (κ1) is 13.0. The highest BCUT2D eigenvalue weighted by atomic mass is 16.2. The number of likely N-dealkylation sites (tertiary alicyclic amines) is 1. The molecule has 0 spiro atoms. The van der Waals surface area contributed by atoms with E-state index in [1.807, 2.05) is 0 Å². The molecule has 0 saturated carbocycles. The molecule has 0 radical (unpaired) electrons. The number of piperidine rings is 1. The summed E-state index contributed by atoms with van der Waals surface area (Å²) < 4.78 is 0. The van der Waals surface area contributed by atoms with Crippen LogP contribution in [0.4, 0.5) is 0 Å². The maximum atomic E-state index is 11.5. The van der Waals surface area contributed by atoms with Gasteiger partial charge in [0.25, 0.3) is 0 Å². The monoisotopic (exact) mass is 227 g/mol. The molecule has 1 saturated heterocycles. The summed E-state index contributed by atoms with van der Waals surface area (Å²) in [6, 6.07) is 0.0993. The Bertz CT molecular complexity index is 266. The lowest BCUT2D eigenvalue weighted by molar-refractivity contribution is -0.134. The smallest absolute Gasteiger partial charge is 0.222 e. The first-order valence-corrected chi connectivity index (χ1v) is 5.74. The van der Waals surface area contributed by atoms with Crippen LogP contribution in [0.15, 0.2) is 0 Å². The molecule has 1 rings (SSSR count). The van der Waals surface area contributed by atoms with Gasteiger partial charge in [-0.2, -0.15) is 0 Å². The Hall–Kier alpha value is -1.10. The summed E-state index contributed by atoms with van der Waals surface area (Å²) in [7, 11) is 3.48. The Morgan fingerprint density at radius 2 is 2.25 bits per heavy atom. The van der Waals surface area contributed by atoms with Gasteiger partial charge in [0.1, 0.15) is 0 Å². The van der Waals surface area contributed by atoms with Crippen LogP contribution in [0.5, 0.6) is 0 Å². The van der Waals surface area contributed by atoms with E-state index < -0.39 is 0 Å². The largest absolute Gasteiger partial charge is 0.349 e. The number of carbonyl (C=O) groups excluding carboxylic acids is 2. The zero-order valence-corrected chi connectivity index (χ0v) is 10.1. The molecule has 1 unspecified atom stereocenters. The van der Waals surface area contributed by atoms with Gasteiger partial charge in [-0.1, -0.05) is 0 Å². The second-order valence-corrected chi connectivity index (χ2v) is 4.53. The summed E-state index contributed by atoms with van der Waals surface area (Å²) in [5.74, 6) is 0.271. The van der Waals surface area contributed by atoms with Crippen LogP contribution in [0.2, 0.25) is 0 Å². The normalized spacial score (nSPS) is 21.1. The third-order valence-corrected chi connectivity index (χ3v) is 2.85. The van der Waals surface area contributed by atoms with E-state index in [0.29, 0.717) is 25.9 Å². The minimum Gasteiger partial charge on any atom is -0.349 e. The van der Waals surface area contributed by atoms with Crippen molar-refractivity contribution < 1.29 is 9.59 Å². The van der Waals surface area contributed by atoms with E-state index in [9.17, 15) is 9.59 Å². The Balaban J connectivity index is 2.26. The second kappa shape index (κ2) is 5.84. The average Bonchev–Trinajstić information content (AvgIpc) is 2.22. The molecule has 1 aliphatic rings. The fourth-order valence-electron chi connectivity index (χ4n) is 1.80. The van der Waals surface area contributed by atoms with Crippen molar-refractivity contribution in [2.45, 2.75) is 31.7 Å². The van der Waals surface area contributed by atoms with Crippen LogP contribution in [0.25, 0.3) is 0 Å². The lowest BCUT2D eigenvalue weighted by Crippen LogP contribution is -2.46. The maximum Gasteiger partial charge on any atom is 0.222 e. The fourth-order valence-corrected chi connectivity index (χ4v) is 1.80. The molecule has 1 heterocycles. The molecular formula is C11H21N3O2. The summed E-state index contributed by atoms with van der Waals surface area (Å²) in [5, 5.41) is 0. The molecular weight excluding hydrogens is 206 g/mol. The number of carbonyl (C=O) groups is 2. The fraction of sp³-hybridized carbons (Fsp3) is 0.818. The van der Waals surface area contributed by atoms with Crippen molar-refractivity contribution in [2.24, 2.45) is 5.73 Å². The van der Waals surface area contributed by atoms with Gasteiger partial charge < -0.3 is 15.5 Å². The lowest BCUT2D eigenvalue weighted by Gasteiger charge is -2.30. The van der Waals surface area contributed by atoms with Crippen molar-refractivity contribution in [3.8, 4) is 0 Å². The van der Waals surface area contributed by atoms with Crippen molar-refractivity contribution >= 4 is 11.8 Å². The number of hydrogen-bond acceptors (Lipinski definition) is 3. The van der Waals surface area contributed by atoms with Gasteiger partial charge >= 0.3 is 0 Å². The number of nitrogens with two attached hydrogens (primary N) is 1. The van der Waals surface area contributed by atoms with Gasteiger partial charge in [-0.3, -0.25) is 9.59 Å². The van der Waals surface area contributed by atoms with Crippen LogP contribution in [-0.2, 0) is 9.59 Å². The topological polar surface area (TPSA) is 66.6 Å². The Morgan fingerprint density at radius 1 is 1.56 bits per heavy atom. The van der Waals surface area contributed by atoms with Crippen LogP contribution in [0.3, 0.4) is 0 Å². The molecule has 0 bridgehead atoms. The molecule has 1 fully saturated rings. The summed E-state index contributed by atoms with van der Waals surface area (Å²) in [6.07, 6.45) is 2.54. The van der Waals surface area contributed by atoms with Crippen LogP contribution < -0.4 is 5.73 Å². The van der Waals surface area contributed by atoms with Crippen molar-refractivity contribution in [1.29, 1.82) is 0 Å². The summed E-state index contributed by atoms with van der Waals surface area (Å²) in [5.41, 5.74) is 5.80. The molecule has 16 heavy (non-hydrogen) atoms. The highest BCUT2D eigenvalue weighted by Crippen LogP contribution is 2.10. The SMILES string of the molecule is CN(C)C(=O)CCCN1CC(N)CCC1=O. The van der Waals surface area contributed by atoms with Gasteiger partial charge in [-0.25, -0.2) is 0 Å². The molecule has 0 aromatic heterocycles. The van der Waals surface area contributed by atoms with Crippen LogP contribution in [0, 0.1) is 0 Å². The van der Waals surface area contributed by atoms with E-state index in [1.54, 1.807) is 23.9 Å². The van der Waals surface area contributed by atoms with Crippen molar-refractivity contribution in [3.05, 3.63) is 0 Å². The molecule has 0 aromatic rings. The molecule has 1 atom stereocenters. The highest BCUT2D eigenvalue weighted by Gasteiger charge is 2.22. The molecule has 0 aliphatic carbocycles. The minimum absolute atomic E-state index is 0.0993. The molecule has 92 valence electrons. The number of rotatable bonds is 4. The van der Waals surface area contributed by atoms with Crippen molar-refractivity contribution in [3.63, 3.8) is 0 Å². The van der Waals surface area contributed by atoms with E-state index in [4.69, 9.17) is 5.73 Å². The summed E-state index contributed by atoms with van der Waals surface area (Å²) in [6.45, 7) is 1.28. The van der Waals surface area contributed by atoms with E-state index in [-0.39, 0.29) is 17.9 Å². The van der Waals surface area contributed by atoms with Crippen molar-refractivity contribution in [1.82, 2.24) is 9.80 Å². The van der Waals surface area contributed by atoms with E-state index in [2.05, 4.69) is 0 Å². The number of nitrogens with zero attached hydrogens (tertiary/aromatic N) is 2. The predicted molar refractivity (Wildman–Crippen MR) is 61.7 cm³/mol. The van der Waals surface area contributed by atoms with Gasteiger partial charge in [0.15, 0.2) is 0 Å². The summed E-state index contributed by atoms with van der Waals surface area (Å²) in [4.78, 5) is 26.2. The average molecular weight is 227 g/mol. The van der Waals surface area contributed by atoms with Crippen LogP contribution >= 0.6 is 0 Å². The van der Waals surface area contributed by atoms with E-state index >= 15 is 0 Å². The molecule has 2 N–H and O–H groups in total. The molecule has 1 aliphatic heterocycles. The standard InChI is InChI=1S/C11H21N3O2/c1-13(2)10(15)4-3-7-14-8-9(12)5-6-11(14)16/h9H,3-8,12H2,1-2H3. The molecule has 5 nitrogen and oxygen atoms in total. The first-order chi connectivity index (χ1) is 7.50. The Morgan fingerprint density at radius 3 is 2.88 bits per heavy atom. The molecule has 5 heteroatoms. The van der Waals surface area contributed by atoms with Crippen LogP contribution in [-0.4, -0.2) is 54.8 Å². The quantitative estimate of drug-likeness (QED) is 0.723. The Kier molecular flexibility index (Phi) is 4.73. The number of hydrogen-bond donors (Lipinski definition) is 1. The molecule has 0 aromatic carbocycles. The van der Waals surface area contributed by atoms with Crippen LogP contribution in [0.1, 0.15) is 25.7 Å². The maximum absolute atomic E-state index is 11.5. The lowest BCUT2D eigenvalue weighted by atomic mass is 10.1. The van der Waals surface area contributed by atoms with Gasteiger partial charge in [0.05, 0.1) is 0 Å². The zero-order chi connectivity index (χ0) is 12.1. The minimum atomic E-state index is 0.0993. The predicted octanol–water partition coefficient (Wildman–Crippen LogP) is -0.195. The third kappa shape index (κ3) is 3.81. The van der Waals surface area contributed by atoms with E-state index in [0.717, 1.165) is 12.8 Å².